The van der Waals surface area contributed by atoms with Crippen molar-refractivity contribution in [2.24, 2.45) is 4.99 Å². The highest BCUT2D eigenvalue weighted by atomic mass is 127. The van der Waals surface area contributed by atoms with Gasteiger partial charge in [0, 0.05) is 52.0 Å². The van der Waals surface area contributed by atoms with E-state index in [1.165, 1.54) is 0 Å². The maximum atomic E-state index is 12.4. The predicted molar refractivity (Wildman–Crippen MR) is 117 cm³/mol. The highest BCUT2D eigenvalue weighted by Crippen LogP contribution is 2.22. The Kier molecular flexibility index (Phi) is 9.80. The first-order chi connectivity index (χ1) is 13.2. The quantitative estimate of drug-likeness (QED) is 0.360. The molecule has 1 N–H and O–H groups in total. The van der Waals surface area contributed by atoms with Gasteiger partial charge in [0.15, 0.2) is 5.96 Å². The SMILES string of the molecule is CN=C(NCC(=O)N(C)CC(F)(F)F)N1CCN(c2cccc(OC)c2)CC1.I. The molecule has 1 amide bonds. The molecular weight excluding hydrogens is 502 g/mol. The van der Waals surface area contributed by atoms with E-state index in [4.69, 9.17) is 4.74 Å². The molecule has 0 saturated carbocycles. The van der Waals surface area contributed by atoms with Crippen molar-refractivity contribution in [1.82, 2.24) is 15.1 Å². The number of anilines is 1. The summed E-state index contributed by atoms with van der Waals surface area (Å²) in [4.78, 5) is 20.9. The van der Waals surface area contributed by atoms with Gasteiger partial charge in [0.05, 0.1) is 13.7 Å². The first-order valence-electron chi connectivity index (χ1n) is 8.89. The zero-order valence-electron chi connectivity index (χ0n) is 16.7. The standard InChI is InChI=1S/C18H26F3N5O2.HI/c1-22-17(23-12-16(27)24(2)13-18(19,20)21)26-9-7-25(8-10-26)14-5-4-6-15(11-14)28-3;/h4-6,11H,7-10,12-13H2,1-3H3,(H,22,23);1H. The molecule has 2 rings (SSSR count). The maximum absolute atomic E-state index is 12.4. The molecule has 0 radical (unpaired) electrons. The number of nitrogens with zero attached hydrogens (tertiary/aromatic N) is 4. The molecule has 0 aromatic heterocycles. The summed E-state index contributed by atoms with van der Waals surface area (Å²) in [6.45, 7) is 1.32. The molecule has 29 heavy (non-hydrogen) atoms. The summed E-state index contributed by atoms with van der Waals surface area (Å²) in [6.07, 6.45) is -4.41. The third kappa shape index (κ3) is 7.78. The molecule has 164 valence electrons. The fourth-order valence-electron chi connectivity index (χ4n) is 2.96. The smallest absolute Gasteiger partial charge is 0.406 e. The number of rotatable bonds is 5. The van der Waals surface area contributed by atoms with Crippen LogP contribution in [0.15, 0.2) is 29.3 Å². The Labute approximate surface area is 185 Å². The largest absolute Gasteiger partial charge is 0.497 e. The molecule has 0 spiro atoms. The minimum atomic E-state index is -4.41. The molecule has 1 heterocycles. The van der Waals surface area contributed by atoms with E-state index in [0.717, 1.165) is 31.6 Å². The number of hydrogen-bond donors (Lipinski definition) is 1. The van der Waals surface area contributed by atoms with Crippen LogP contribution in [-0.4, -0.2) is 88.3 Å². The van der Waals surface area contributed by atoms with E-state index in [9.17, 15) is 18.0 Å². The number of nitrogens with one attached hydrogen (secondary N) is 1. The van der Waals surface area contributed by atoms with Gasteiger partial charge in [0.2, 0.25) is 5.91 Å². The molecule has 0 bridgehead atoms. The minimum absolute atomic E-state index is 0. The van der Waals surface area contributed by atoms with E-state index in [0.29, 0.717) is 23.9 Å². The number of amides is 1. The van der Waals surface area contributed by atoms with Crippen LogP contribution in [0.2, 0.25) is 0 Å². The van der Waals surface area contributed by atoms with E-state index in [1.54, 1.807) is 14.2 Å². The number of ether oxygens (including phenoxy) is 1. The molecule has 1 saturated heterocycles. The van der Waals surface area contributed by atoms with Gasteiger partial charge in [-0.25, -0.2) is 0 Å². The van der Waals surface area contributed by atoms with Crippen molar-refractivity contribution in [3.05, 3.63) is 24.3 Å². The Balaban J connectivity index is 0.00000420. The first kappa shape index (κ1) is 25.1. The Hall–Kier alpha value is -1.92. The fraction of sp³-hybridized carbons (Fsp3) is 0.556. The van der Waals surface area contributed by atoms with Crippen LogP contribution in [0.5, 0.6) is 5.75 Å². The molecule has 1 aromatic carbocycles. The summed E-state index contributed by atoms with van der Waals surface area (Å²) >= 11 is 0. The summed E-state index contributed by atoms with van der Waals surface area (Å²) in [7, 11) is 4.34. The van der Waals surface area contributed by atoms with Crippen molar-refractivity contribution in [2.45, 2.75) is 6.18 Å². The van der Waals surface area contributed by atoms with Gasteiger partial charge in [-0.1, -0.05) is 6.07 Å². The highest BCUT2D eigenvalue weighted by Gasteiger charge is 2.31. The number of benzene rings is 1. The normalized spacial score (nSPS) is 14.9. The van der Waals surface area contributed by atoms with Crippen molar-refractivity contribution in [1.29, 1.82) is 0 Å². The summed E-state index contributed by atoms with van der Waals surface area (Å²) in [5.41, 5.74) is 1.06. The minimum Gasteiger partial charge on any atom is -0.497 e. The van der Waals surface area contributed by atoms with E-state index in [-0.39, 0.29) is 30.5 Å². The molecule has 1 aromatic rings. The lowest BCUT2D eigenvalue weighted by Crippen LogP contribution is -2.54. The Morgan fingerprint density at radius 3 is 2.48 bits per heavy atom. The van der Waals surface area contributed by atoms with Crippen LogP contribution in [0.4, 0.5) is 18.9 Å². The number of alkyl halides is 3. The van der Waals surface area contributed by atoms with Crippen LogP contribution >= 0.6 is 24.0 Å². The number of likely N-dealkylation sites (N-methyl/N-ethyl adjacent to an activating group) is 1. The number of methoxy groups -OCH3 is 1. The van der Waals surface area contributed by atoms with Crippen molar-refractivity contribution in [2.75, 3.05) is 65.4 Å². The van der Waals surface area contributed by atoms with Crippen molar-refractivity contribution < 1.29 is 22.7 Å². The van der Waals surface area contributed by atoms with Crippen LogP contribution < -0.4 is 15.0 Å². The number of aliphatic imine (C=N–C) groups is 1. The van der Waals surface area contributed by atoms with Gasteiger partial charge in [-0.05, 0) is 12.1 Å². The lowest BCUT2D eigenvalue weighted by Gasteiger charge is -2.37. The Bertz CT molecular complexity index is 694. The summed E-state index contributed by atoms with van der Waals surface area (Å²) in [5.74, 6) is 0.645. The molecule has 1 aliphatic heterocycles. The fourth-order valence-corrected chi connectivity index (χ4v) is 2.96. The zero-order chi connectivity index (χ0) is 20.7. The van der Waals surface area contributed by atoms with Crippen LogP contribution in [0, 0.1) is 0 Å². The Morgan fingerprint density at radius 2 is 1.93 bits per heavy atom. The van der Waals surface area contributed by atoms with E-state index in [1.807, 2.05) is 29.2 Å². The lowest BCUT2D eigenvalue weighted by atomic mass is 10.2. The number of guanidine groups is 1. The van der Waals surface area contributed by atoms with Crippen LogP contribution in [-0.2, 0) is 4.79 Å². The molecule has 0 aliphatic carbocycles. The molecule has 1 aliphatic rings. The maximum Gasteiger partial charge on any atom is 0.406 e. The number of carbonyl (C=O) groups excluding carboxylic acids is 1. The monoisotopic (exact) mass is 529 g/mol. The van der Waals surface area contributed by atoms with Gasteiger partial charge >= 0.3 is 6.18 Å². The third-order valence-corrected chi connectivity index (χ3v) is 4.45. The molecule has 0 unspecified atom stereocenters. The summed E-state index contributed by atoms with van der Waals surface area (Å²) < 4.78 is 42.4. The van der Waals surface area contributed by atoms with E-state index >= 15 is 0 Å². The van der Waals surface area contributed by atoms with Gasteiger partial charge in [-0.15, -0.1) is 24.0 Å². The second-order valence-corrected chi connectivity index (χ2v) is 6.44. The topological polar surface area (TPSA) is 60.4 Å². The number of carbonyl (C=O) groups is 1. The van der Waals surface area contributed by atoms with Crippen LogP contribution in [0.25, 0.3) is 0 Å². The lowest BCUT2D eigenvalue weighted by molar-refractivity contribution is -0.157. The molecule has 0 atom stereocenters. The van der Waals surface area contributed by atoms with Crippen LogP contribution in [0.1, 0.15) is 0 Å². The average molecular weight is 529 g/mol. The molecule has 11 heteroatoms. The number of piperazine rings is 1. The van der Waals surface area contributed by atoms with Gasteiger partial charge in [-0.2, -0.15) is 13.2 Å². The van der Waals surface area contributed by atoms with Crippen LogP contribution in [0.3, 0.4) is 0 Å². The number of hydrogen-bond acceptors (Lipinski definition) is 4. The van der Waals surface area contributed by atoms with E-state index in [2.05, 4.69) is 15.2 Å². The second-order valence-electron chi connectivity index (χ2n) is 6.44. The van der Waals surface area contributed by atoms with Crippen molar-refractivity contribution >= 4 is 41.5 Å². The summed E-state index contributed by atoms with van der Waals surface area (Å²) in [6, 6.07) is 7.81. The van der Waals surface area contributed by atoms with Gasteiger partial charge in [0.1, 0.15) is 12.3 Å². The number of halogens is 4. The Morgan fingerprint density at radius 1 is 1.28 bits per heavy atom. The molecule has 1 fully saturated rings. The van der Waals surface area contributed by atoms with E-state index < -0.39 is 18.6 Å². The summed E-state index contributed by atoms with van der Waals surface area (Å²) in [5, 5.41) is 2.86. The predicted octanol–water partition coefficient (Wildman–Crippen LogP) is 2.03. The van der Waals surface area contributed by atoms with Gasteiger partial charge < -0.3 is 24.8 Å². The van der Waals surface area contributed by atoms with Crippen molar-refractivity contribution in [3.63, 3.8) is 0 Å². The van der Waals surface area contributed by atoms with Gasteiger partial charge in [-0.3, -0.25) is 9.79 Å². The molecule has 7 nitrogen and oxygen atoms in total. The zero-order valence-corrected chi connectivity index (χ0v) is 19.0. The highest BCUT2D eigenvalue weighted by molar-refractivity contribution is 14.0. The molecular formula is C18H27F3IN5O2. The average Bonchev–Trinajstić information content (AvgIpc) is 2.67. The first-order valence-corrected chi connectivity index (χ1v) is 8.89. The second kappa shape index (κ2) is 11.3. The third-order valence-electron chi connectivity index (χ3n) is 4.45. The van der Waals surface area contributed by atoms with Crippen molar-refractivity contribution in [3.8, 4) is 5.75 Å². The van der Waals surface area contributed by atoms with Gasteiger partial charge in [0.25, 0.3) is 0 Å².